The van der Waals surface area contributed by atoms with Crippen molar-refractivity contribution in [1.82, 2.24) is 10.2 Å². The van der Waals surface area contributed by atoms with E-state index in [0.717, 1.165) is 12.1 Å². The van der Waals surface area contributed by atoms with Gasteiger partial charge >= 0.3 is 0 Å². The Morgan fingerprint density at radius 2 is 2.05 bits per heavy atom. The van der Waals surface area contributed by atoms with Gasteiger partial charge in [-0.05, 0) is 26.0 Å². The fourth-order valence-electron chi connectivity index (χ4n) is 2.27. The molecular formula is C14H17F2N3O2. The van der Waals surface area contributed by atoms with Crippen LogP contribution < -0.4 is 10.6 Å². The van der Waals surface area contributed by atoms with Gasteiger partial charge in [-0.3, -0.25) is 9.59 Å². The van der Waals surface area contributed by atoms with E-state index in [1.807, 2.05) is 0 Å². The fourth-order valence-corrected chi connectivity index (χ4v) is 2.27. The highest BCUT2D eigenvalue weighted by Gasteiger charge is 2.30. The normalized spacial score (nSPS) is 18.4. The molecule has 1 saturated heterocycles. The number of anilines is 1. The zero-order chi connectivity index (χ0) is 15.6. The molecule has 5 nitrogen and oxygen atoms in total. The number of hydrogen-bond donors (Lipinski definition) is 2. The van der Waals surface area contributed by atoms with Crippen LogP contribution in [0.15, 0.2) is 12.1 Å². The van der Waals surface area contributed by atoms with E-state index < -0.39 is 23.6 Å². The molecule has 1 atom stereocenters. The predicted octanol–water partition coefficient (Wildman–Crippen LogP) is 1.36. The summed E-state index contributed by atoms with van der Waals surface area (Å²) in [6.45, 7) is 4.29. The molecule has 2 rings (SSSR count). The highest BCUT2D eigenvalue weighted by atomic mass is 19.1. The maximum atomic E-state index is 13.8. The number of halogens is 2. The maximum absolute atomic E-state index is 13.8. The summed E-state index contributed by atoms with van der Waals surface area (Å²) in [7, 11) is 0. The molecule has 1 aromatic rings. The van der Waals surface area contributed by atoms with E-state index in [1.54, 1.807) is 13.8 Å². The molecule has 2 N–H and O–H groups in total. The summed E-state index contributed by atoms with van der Waals surface area (Å²) in [5, 5.41) is 5.19. The average molecular weight is 297 g/mol. The van der Waals surface area contributed by atoms with E-state index in [2.05, 4.69) is 10.6 Å². The van der Waals surface area contributed by atoms with Crippen molar-refractivity contribution >= 4 is 17.5 Å². The Labute approximate surface area is 121 Å². The van der Waals surface area contributed by atoms with Gasteiger partial charge in [0.05, 0.1) is 0 Å². The molecule has 0 bridgehead atoms. The quantitative estimate of drug-likeness (QED) is 0.885. The smallest absolute Gasteiger partial charge is 0.254 e. The lowest BCUT2D eigenvalue weighted by molar-refractivity contribution is -0.127. The first-order valence-corrected chi connectivity index (χ1v) is 6.77. The largest absolute Gasteiger partial charge is 0.381 e. The monoisotopic (exact) mass is 297 g/mol. The van der Waals surface area contributed by atoms with Crippen LogP contribution in [-0.4, -0.2) is 42.4 Å². The maximum Gasteiger partial charge on any atom is 0.254 e. The summed E-state index contributed by atoms with van der Waals surface area (Å²) in [6.07, 6.45) is 0. The molecule has 0 aromatic heterocycles. The first-order chi connectivity index (χ1) is 9.95. The topological polar surface area (TPSA) is 61.4 Å². The van der Waals surface area contributed by atoms with Gasteiger partial charge in [-0.25, -0.2) is 8.78 Å². The molecule has 1 aromatic carbocycles. The van der Waals surface area contributed by atoms with Crippen LogP contribution >= 0.6 is 0 Å². The third-order valence-corrected chi connectivity index (χ3v) is 3.40. The Hall–Kier alpha value is -2.18. The van der Waals surface area contributed by atoms with Crippen LogP contribution in [0, 0.1) is 11.6 Å². The zero-order valence-electron chi connectivity index (χ0n) is 11.9. The van der Waals surface area contributed by atoms with Gasteiger partial charge in [0.1, 0.15) is 23.4 Å². The molecule has 114 valence electrons. The minimum Gasteiger partial charge on any atom is -0.381 e. The molecule has 21 heavy (non-hydrogen) atoms. The third kappa shape index (κ3) is 2.96. The highest BCUT2D eigenvalue weighted by molar-refractivity contribution is 5.98. The SMILES string of the molecule is CCNc1c(F)cc(C(=O)N2CCNC(=O)C2C)cc1F. The molecule has 0 aliphatic carbocycles. The lowest BCUT2D eigenvalue weighted by atomic mass is 10.1. The van der Waals surface area contributed by atoms with Crippen molar-refractivity contribution in [3.8, 4) is 0 Å². The molecule has 1 fully saturated rings. The molecule has 1 heterocycles. The number of nitrogens with zero attached hydrogens (tertiary/aromatic N) is 1. The molecule has 0 saturated carbocycles. The summed E-state index contributed by atoms with van der Waals surface area (Å²) >= 11 is 0. The van der Waals surface area contributed by atoms with Crippen molar-refractivity contribution in [3.05, 3.63) is 29.3 Å². The first kappa shape index (κ1) is 15.2. The summed E-state index contributed by atoms with van der Waals surface area (Å²) in [6, 6.07) is 1.32. The van der Waals surface area contributed by atoms with Gasteiger partial charge in [-0.2, -0.15) is 0 Å². The van der Waals surface area contributed by atoms with Crippen molar-refractivity contribution in [1.29, 1.82) is 0 Å². The lowest BCUT2D eigenvalue weighted by Crippen LogP contribution is -2.55. The van der Waals surface area contributed by atoms with Crippen LogP contribution in [0.1, 0.15) is 24.2 Å². The minimum absolute atomic E-state index is 0.104. The summed E-state index contributed by atoms with van der Waals surface area (Å²) in [5.41, 5.74) is -0.355. The summed E-state index contributed by atoms with van der Waals surface area (Å²) < 4.78 is 27.7. The Kier molecular flexibility index (Phi) is 4.40. The summed E-state index contributed by atoms with van der Waals surface area (Å²) in [4.78, 5) is 25.2. The number of hydrogen-bond acceptors (Lipinski definition) is 3. The molecule has 1 unspecified atom stereocenters. The Balaban J connectivity index is 2.29. The highest BCUT2D eigenvalue weighted by Crippen LogP contribution is 2.22. The van der Waals surface area contributed by atoms with Gasteiger partial charge < -0.3 is 15.5 Å². The molecule has 0 radical (unpaired) electrons. The fraction of sp³-hybridized carbons (Fsp3) is 0.429. The van der Waals surface area contributed by atoms with Crippen molar-refractivity contribution < 1.29 is 18.4 Å². The van der Waals surface area contributed by atoms with E-state index >= 15 is 0 Å². The van der Waals surface area contributed by atoms with Crippen LogP contribution in [0.5, 0.6) is 0 Å². The molecule has 1 aliphatic heterocycles. The average Bonchev–Trinajstić information content (AvgIpc) is 2.45. The first-order valence-electron chi connectivity index (χ1n) is 6.77. The van der Waals surface area contributed by atoms with Crippen LogP contribution in [-0.2, 0) is 4.79 Å². The summed E-state index contributed by atoms with van der Waals surface area (Å²) in [5.74, 6) is -2.48. The number of benzene rings is 1. The number of amides is 2. The van der Waals surface area contributed by atoms with Crippen molar-refractivity contribution in [3.63, 3.8) is 0 Å². The Morgan fingerprint density at radius 3 is 2.62 bits per heavy atom. The second-order valence-electron chi connectivity index (χ2n) is 4.81. The molecular weight excluding hydrogens is 280 g/mol. The van der Waals surface area contributed by atoms with Crippen LogP contribution in [0.3, 0.4) is 0 Å². The van der Waals surface area contributed by atoms with E-state index in [9.17, 15) is 18.4 Å². The standard InChI is InChI=1S/C14H17F2N3O2/c1-3-17-12-10(15)6-9(7-11(12)16)14(21)19-5-4-18-13(20)8(19)2/h6-8,17H,3-5H2,1-2H3,(H,18,20). The molecule has 7 heteroatoms. The number of carbonyl (C=O) groups excluding carboxylic acids is 2. The van der Waals surface area contributed by atoms with Gasteiger partial charge in [0, 0.05) is 25.2 Å². The van der Waals surface area contributed by atoms with Gasteiger partial charge in [0.15, 0.2) is 0 Å². The molecule has 1 aliphatic rings. The van der Waals surface area contributed by atoms with Gasteiger partial charge in [-0.1, -0.05) is 0 Å². The predicted molar refractivity (Wildman–Crippen MR) is 74.0 cm³/mol. The Bertz CT molecular complexity index is 554. The van der Waals surface area contributed by atoms with Crippen LogP contribution in [0.25, 0.3) is 0 Å². The van der Waals surface area contributed by atoms with Gasteiger partial charge in [0.2, 0.25) is 5.91 Å². The third-order valence-electron chi connectivity index (χ3n) is 3.40. The van der Waals surface area contributed by atoms with Gasteiger partial charge in [0.25, 0.3) is 5.91 Å². The van der Waals surface area contributed by atoms with Crippen LogP contribution in [0.2, 0.25) is 0 Å². The molecule has 0 spiro atoms. The number of rotatable bonds is 3. The van der Waals surface area contributed by atoms with E-state index in [4.69, 9.17) is 0 Å². The molecule has 2 amide bonds. The van der Waals surface area contributed by atoms with E-state index in [1.165, 1.54) is 4.90 Å². The zero-order valence-corrected chi connectivity index (χ0v) is 11.9. The van der Waals surface area contributed by atoms with Crippen LogP contribution in [0.4, 0.5) is 14.5 Å². The van der Waals surface area contributed by atoms with E-state index in [0.29, 0.717) is 19.6 Å². The lowest BCUT2D eigenvalue weighted by Gasteiger charge is -2.32. The Morgan fingerprint density at radius 1 is 1.43 bits per heavy atom. The number of nitrogens with one attached hydrogen (secondary N) is 2. The van der Waals surface area contributed by atoms with Crippen molar-refractivity contribution in [2.24, 2.45) is 0 Å². The van der Waals surface area contributed by atoms with Crippen molar-refractivity contribution in [2.45, 2.75) is 19.9 Å². The van der Waals surface area contributed by atoms with Gasteiger partial charge in [-0.15, -0.1) is 0 Å². The minimum atomic E-state index is -0.825. The second-order valence-corrected chi connectivity index (χ2v) is 4.81. The second kappa shape index (κ2) is 6.07. The number of carbonyl (C=O) groups is 2. The number of piperazine rings is 1. The van der Waals surface area contributed by atoms with Crippen molar-refractivity contribution in [2.75, 3.05) is 25.0 Å². The van der Waals surface area contributed by atoms with E-state index in [-0.39, 0.29) is 17.2 Å².